The molecule has 0 saturated carbocycles. The lowest BCUT2D eigenvalue weighted by Crippen LogP contribution is -2.36. The summed E-state index contributed by atoms with van der Waals surface area (Å²) >= 11 is 0. The Morgan fingerprint density at radius 3 is 2.64 bits per heavy atom. The topological polar surface area (TPSA) is 57.7 Å². The summed E-state index contributed by atoms with van der Waals surface area (Å²) in [6.45, 7) is 6.22. The Bertz CT molecular complexity index is 695. The molecular formula is C23H32N2O3. The lowest BCUT2D eigenvalue weighted by Gasteiger charge is -2.32. The zero-order valence-electron chi connectivity index (χ0n) is 16.9. The molecule has 3 rings (SSSR count). The molecule has 0 spiro atoms. The number of benzene rings is 1. The second-order valence-corrected chi connectivity index (χ2v) is 8.12. The van der Waals surface area contributed by atoms with Gasteiger partial charge in [-0.2, -0.15) is 0 Å². The van der Waals surface area contributed by atoms with Gasteiger partial charge in [-0.05, 0) is 68.4 Å². The second kappa shape index (κ2) is 9.97. The van der Waals surface area contributed by atoms with Crippen LogP contribution < -0.4 is 0 Å². The molecule has 0 aromatic heterocycles. The Hall–Kier alpha value is -2.01. The van der Waals surface area contributed by atoms with Crippen LogP contribution in [0.25, 0.3) is 0 Å². The number of hydrogen-bond donors (Lipinski definition) is 0. The van der Waals surface area contributed by atoms with Crippen LogP contribution in [0.3, 0.4) is 0 Å². The normalized spacial score (nSPS) is 18.9. The Kier molecular flexibility index (Phi) is 7.37. The summed E-state index contributed by atoms with van der Waals surface area (Å²) in [5.74, 6) is 0.462. The van der Waals surface area contributed by atoms with E-state index >= 15 is 0 Å². The van der Waals surface area contributed by atoms with E-state index in [0.717, 1.165) is 31.2 Å². The molecule has 152 valence electrons. The highest BCUT2D eigenvalue weighted by Crippen LogP contribution is 2.33. The molecule has 5 nitrogen and oxygen atoms in total. The zero-order valence-corrected chi connectivity index (χ0v) is 16.9. The molecule has 1 atom stereocenters. The van der Waals surface area contributed by atoms with E-state index in [1.165, 1.54) is 44.2 Å². The van der Waals surface area contributed by atoms with Gasteiger partial charge in [-0.3, -0.25) is 4.79 Å². The Morgan fingerprint density at radius 2 is 1.96 bits per heavy atom. The Labute approximate surface area is 168 Å². The van der Waals surface area contributed by atoms with E-state index in [4.69, 9.17) is 0 Å². The lowest BCUT2D eigenvalue weighted by atomic mass is 9.88. The lowest BCUT2D eigenvalue weighted by molar-refractivity contribution is -0.112. The molecule has 5 heteroatoms. The van der Waals surface area contributed by atoms with Gasteiger partial charge in [0.2, 0.25) is 0 Å². The highest BCUT2D eigenvalue weighted by atomic mass is 16.2. The van der Waals surface area contributed by atoms with Crippen LogP contribution in [0.5, 0.6) is 0 Å². The molecule has 2 heterocycles. The predicted molar refractivity (Wildman–Crippen MR) is 109 cm³/mol. The van der Waals surface area contributed by atoms with Gasteiger partial charge in [-0.1, -0.05) is 31.9 Å². The van der Waals surface area contributed by atoms with Crippen LogP contribution in [0.15, 0.2) is 18.2 Å². The number of carbonyl (C=O) groups excluding carboxylic acids is 3. The van der Waals surface area contributed by atoms with E-state index in [9.17, 15) is 14.4 Å². The van der Waals surface area contributed by atoms with Crippen molar-refractivity contribution in [2.24, 2.45) is 0 Å². The maximum Gasteiger partial charge on any atom is 0.255 e. The summed E-state index contributed by atoms with van der Waals surface area (Å²) in [6.07, 6.45) is 8.49. The smallest absolute Gasteiger partial charge is 0.255 e. The van der Waals surface area contributed by atoms with E-state index in [2.05, 4.69) is 24.0 Å². The number of hydrogen-bond acceptors (Lipinski definition) is 4. The Morgan fingerprint density at radius 1 is 1.18 bits per heavy atom. The molecular weight excluding hydrogens is 352 g/mol. The van der Waals surface area contributed by atoms with Crippen molar-refractivity contribution in [3.8, 4) is 0 Å². The minimum absolute atomic E-state index is 0.0877. The molecule has 1 saturated heterocycles. The van der Waals surface area contributed by atoms with Crippen molar-refractivity contribution in [3.05, 3.63) is 34.9 Å². The number of fused-ring (bicyclic) bond motifs is 1. The molecule has 1 amide bonds. The quantitative estimate of drug-likeness (QED) is 0.457. The highest BCUT2D eigenvalue weighted by molar-refractivity contribution is 5.99. The number of carbonyl (C=O) groups is 3. The van der Waals surface area contributed by atoms with Crippen molar-refractivity contribution in [3.63, 3.8) is 0 Å². The van der Waals surface area contributed by atoms with Crippen molar-refractivity contribution in [1.29, 1.82) is 0 Å². The summed E-state index contributed by atoms with van der Waals surface area (Å²) in [4.78, 5) is 38.9. The third-order valence-electron chi connectivity index (χ3n) is 6.24. The van der Waals surface area contributed by atoms with Gasteiger partial charge in [0.15, 0.2) is 0 Å². The number of piperidine rings is 1. The second-order valence-electron chi connectivity index (χ2n) is 8.12. The standard InChI is InChI=1S/C23H32N2O3/c1-2-3-4-11-24-12-9-18(10-13-24)19-7-8-22-20(15-19)16-25(23(22)28)21(17-27)6-5-14-26/h7-8,14-15,17-18,21H,2-6,9-13,16H2,1H3. The van der Waals surface area contributed by atoms with Gasteiger partial charge >= 0.3 is 0 Å². The number of unbranched alkanes of at least 4 members (excludes halogenated alkanes) is 2. The summed E-state index contributed by atoms with van der Waals surface area (Å²) in [5.41, 5.74) is 3.04. The number of rotatable bonds is 10. The summed E-state index contributed by atoms with van der Waals surface area (Å²) in [6, 6.07) is 5.69. The highest BCUT2D eigenvalue weighted by Gasteiger charge is 2.33. The first kappa shape index (κ1) is 20.7. The van der Waals surface area contributed by atoms with Crippen LogP contribution in [0, 0.1) is 0 Å². The minimum atomic E-state index is -0.514. The van der Waals surface area contributed by atoms with E-state index in [0.29, 0.717) is 30.9 Å². The van der Waals surface area contributed by atoms with Gasteiger partial charge < -0.3 is 19.4 Å². The first-order chi connectivity index (χ1) is 13.7. The summed E-state index contributed by atoms with van der Waals surface area (Å²) in [7, 11) is 0. The van der Waals surface area contributed by atoms with Crippen LogP contribution >= 0.6 is 0 Å². The van der Waals surface area contributed by atoms with Gasteiger partial charge in [0.25, 0.3) is 5.91 Å². The van der Waals surface area contributed by atoms with Gasteiger partial charge in [-0.15, -0.1) is 0 Å². The third-order valence-corrected chi connectivity index (χ3v) is 6.24. The van der Waals surface area contributed by atoms with Crippen molar-refractivity contribution in [2.75, 3.05) is 19.6 Å². The fourth-order valence-corrected chi connectivity index (χ4v) is 4.50. The molecule has 0 radical (unpaired) electrons. The molecule has 0 bridgehead atoms. The number of amides is 1. The van der Waals surface area contributed by atoms with Crippen LogP contribution in [-0.4, -0.2) is 54.0 Å². The molecule has 0 N–H and O–H groups in total. The largest absolute Gasteiger partial charge is 0.325 e. The van der Waals surface area contributed by atoms with Crippen molar-refractivity contribution in [1.82, 2.24) is 9.80 Å². The summed E-state index contributed by atoms with van der Waals surface area (Å²) < 4.78 is 0. The van der Waals surface area contributed by atoms with Crippen LogP contribution in [0.4, 0.5) is 0 Å². The molecule has 0 aliphatic carbocycles. The molecule has 1 unspecified atom stereocenters. The molecule has 28 heavy (non-hydrogen) atoms. The van der Waals surface area contributed by atoms with Crippen molar-refractivity contribution >= 4 is 18.5 Å². The van der Waals surface area contributed by atoms with Gasteiger partial charge in [0, 0.05) is 18.5 Å². The molecule has 1 aromatic rings. The van der Waals surface area contributed by atoms with E-state index in [-0.39, 0.29) is 5.91 Å². The van der Waals surface area contributed by atoms with Crippen molar-refractivity contribution in [2.45, 2.75) is 70.4 Å². The fourth-order valence-electron chi connectivity index (χ4n) is 4.50. The average molecular weight is 385 g/mol. The minimum Gasteiger partial charge on any atom is -0.325 e. The third kappa shape index (κ3) is 4.69. The summed E-state index contributed by atoms with van der Waals surface area (Å²) in [5, 5.41) is 0. The van der Waals surface area contributed by atoms with Crippen LogP contribution in [0.1, 0.15) is 79.3 Å². The molecule has 1 aromatic carbocycles. The number of aldehydes is 2. The number of likely N-dealkylation sites (tertiary alicyclic amines) is 1. The monoisotopic (exact) mass is 384 g/mol. The van der Waals surface area contributed by atoms with Gasteiger partial charge in [0.05, 0.1) is 6.04 Å². The van der Waals surface area contributed by atoms with E-state index < -0.39 is 6.04 Å². The SMILES string of the molecule is CCCCCN1CCC(c2ccc3c(c2)CN(C(C=O)CCC=O)C3=O)CC1. The van der Waals surface area contributed by atoms with Crippen LogP contribution in [0.2, 0.25) is 0 Å². The zero-order chi connectivity index (χ0) is 19.9. The Balaban J connectivity index is 1.61. The average Bonchev–Trinajstić information content (AvgIpc) is 3.05. The van der Waals surface area contributed by atoms with Gasteiger partial charge in [-0.25, -0.2) is 0 Å². The predicted octanol–water partition coefficient (Wildman–Crippen LogP) is 3.56. The van der Waals surface area contributed by atoms with E-state index in [1.807, 2.05) is 6.07 Å². The maximum absolute atomic E-state index is 12.7. The fraction of sp³-hybridized carbons (Fsp3) is 0.609. The van der Waals surface area contributed by atoms with Crippen LogP contribution in [-0.2, 0) is 16.1 Å². The van der Waals surface area contributed by atoms with Gasteiger partial charge in [0.1, 0.15) is 12.6 Å². The maximum atomic E-state index is 12.7. The van der Waals surface area contributed by atoms with E-state index in [1.54, 1.807) is 4.90 Å². The first-order valence-corrected chi connectivity index (χ1v) is 10.7. The molecule has 1 fully saturated rings. The first-order valence-electron chi connectivity index (χ1n) is 10.7. The van der Waals surface area contributed by atoms with Crippen molar-refractivity contribution < 1.29 is 14.4 Å². The molecule has 2 aliphatic rings. The molecule has 2 aliphatic heterocycles. The number of nitrogens with zero attached hydrogens (tertiary/aromatic N) is 2.